The summed E-state index contributed by atoms with van der Waals surface area (Å²) in [5.41, 5.74) is 9.21. The van der Waals surface area contributed by atoms with Crippen molar-refractivity contribution in [2.45, 2.75) is 52.0 Å². The third kappa shape index (κ3) is 4.38. The molecule has 1 unspecified atom stereocenters. The lowest BCUT2D eigenvalue weighted by atomic mass is 9.78. The highest BCUT2D eigenvalue weighted by molar-refractivity contribution is 5.97. The van der Waals surface area contributed by atoms with E-state index in [4.69, 9.17) is 0 Å². The number of hydrazine groups is 1. The minimum Gasteiger partial charge on any atom is -0.504 e. The number of benzene rings is 2. The van der Waals surface area contributed by atoms with Crippen LogP contribution in [0, 0.1) is 23.5 Å². The van der Waals surface area contributed by atoms with E-state index in [0.29, 0.717) is 5.92 Å². The second-order valence-electron chi connectivity index (χ2n) is 9.84. The molecular formula is C29H31F2N3O2. The fourth-order valence-electron chi connectivity index (χ4n) is 5.86. The Labute approximate surface area is 210 Å². The summed E-state index contributed by atoms with van der Waals surface area (Å²) in [5, 5.41) is 15.0. The Hall–Kier alpha value is -3.61. The third-order valence-corrected chi connectivity index (χ3v) is 7.56. The molecule has 0 saturated heterocycles. The number of nitrogens with zero attached hydrogens (tertiary/aromatic N) is 1. The molecule has 5 nitrogen and oxygen atoms in total. The van der Waals surface area contributed by atoms with Crippen LogP contribution in [0.5, 0.6) is 5.75 Å². The number of aromatic hydroxyl groups is 1. The number of hydrogen-bond acceptors (Lipinski definition) is 4. The van der Waals surface area contributed by atoms with E-state index < -0.39 is 17.5 Å². The first-order valence-corrected chi connectivity index (χ1v) is 12.6. The van der Waals surface area contributed by atoms with E-state index in [2.05, 4.69) is 30.7 Å². The van der Waals surface area contributed by atoms with E-state index in [1.807, 2.05) is 11.2 Å². The minimum atomic E-state index is -0.799. The standard InChI is InChI=1S/C29H31F2N3O2/c1-3-5-21(33-29(36)23-6-4-7-25(31)28(23)35)14-18-8-9-19-15-26-24(17(2)27(18)19)16-32-34(26)22-12-10-20(30)11-13-22/h4,6-7,10-13,15-18,21,32,35H,3,5,8-9,14H2,1-2H3,(H,33,36)/t17-,18+,21?/m0/s1. The second-order valence-corrected chi connectivity index (χ2v) is 9.84. The molecule has 0 fully saturated rings. The maximum atomic E-state index is 13.8. The molecule has 2 aromatic rings. The first-order valence-electron chi connectivity index (χ1n) is 12.6. The maximum absolute atomic E-state index is 13.8. The first kappa shape index (κ1) is 24.1. The summed E-state index contributed by atoms with van der Waals surface area (Å²) in [6.07, 6.45) is 8.75. The number of phenols is 1. The lowest BCUT2D eigenvalue weighted by molar-refractivity contribution is 0.0926. The van der Waals surface area contributed by atoms with E-state index in [0.717, 1.165) is 49.6 Å². The van der Waals surface area contributed by atoms with Gasteiger partial charge < -0.3 is 15.8 Å². The molecule has 2 aliphatic carbocycles. The van der Waals surface area contributed by atoms with Gasteiger partial charge in [0.15, 0.2) is 11.6 Å². The third-order valence-electron chi connectivity index (χ3n) is 7.56. The predicted octanol–water partition coefficient (Wildman–Crippen LogP) is 6.11. The van der Waals surface area contributed by atoms with Gasteiger partial charge in [0, 0.05) is 23.7 Å². The number of nitrogens with one attached hydrogen (secondary N) is 2. The summed E-state index contributed by atoms with van der Waals surface area (Å²) in [4.78, 5) is 12.9. The van der Waals surface area contributed by atoms with Gasteiger partial charge in [0.2, 0.25) is 0 Å². The Morgan fingerprint density at radius 3 is 2.75 bits per heavy atom. The van der Waals surface area contributed by atoms with Crippen LogP contribution in [0.15, 0.2) is 77.2 Å². The largest absolute Gasteiger partial charge is 0.504 e. The molecule has 3 aliphatic rings. The molecule has 1 amide bonds. The van der Waals surface area contributed by atoms with Gasteiger partial charge in [-0.15, -0.1) is 0 Å². The zero-order chi connectivity index (χ0) is 25.4. The van der Waals surface area contributed by atoms with Crippen LogP contribution in [0.2, 0.25) is 0 Å². The average Bonchev–Trinajstić information content (AvgIpc) is 3.46. The van der Waals surface area contributed by atoms with Gasteiger partial charge in [-0.05, 0) is 79.6 Å². The van der Waals surface area contributed by atoms with Crippen LogP contribution < -0.4 is 15.8 Å². The van der Waals surface area contributed by atoms with Crippen LogP contribution in [0.25, 0.3) is 0 Å². The molecular weight excluding hydrogens is 460 g/mol. The summed E-state index contributed by atoms with van der Waals surface area (Å²) in [6, 6.07) is 10.4. The molecule has 1 aliphatic heterocycles. The van der Waals surface area contributed by atoms with Crippen molar-refractivity contribution in [2.75, 3.05) is 5.01 Å². The normalized spacial score (nSPS) is 21.4. The Balaban J connectivity index is 1.35. The van der Waals surface area contributed by atoms with Crippen molar-refractivity contribution in [3.05, 3.63) is 94.4 Å². The van der Waals surface area contributed by atoms with E-state index in [1.54, 1.807) is 12.1 Å². The number of rotatable bonds is 7. The maximum Gasteiger partial charge on any atom is 0.255 e. The van der Waals surface area contributed by atoms with Crippen LogP contribution in [0.1, 0.15) is 56.3 Å². The van der Waals surface area contributed by atoms with Crippen LogP contribution in [0.4, 0.5) is 14.5 Å². The van der Waals surface area contributed by atoms with Gasteiger partial charge in [0.25, 0.3) is 5.91 Å². The highest BCUT2D eigenvalue weighted by atomic mass is 19.1. The topological polar surface area (TPSA) is 64.6 Å². The summed E-state index contributed by atoms with van der Waals surface area (Å²) < 4.78 is 27.2. The molecule has 0 aromatic heterocycles. The lowest BCUT2D eigenvalue weighted by Gasteiger charge is -2.31. The van der Waals surface area contributed by atoms with Gasteiger partial charge in [-0.25, -0.2) is 8.78 Å². The Bertz CT molecular complexity index is 1270. The Morgan fingerprint density at radius 2 is 2.00 bits per heavy atom. The van der Waals surface area contributed by atoms with Crippen LogP contribution in [0.3, 0.4) is 0 Å². The lowest BCUT2D eigenvalue weighted by Crippen LogP contribution is -2.37. The number of phenolic OH excluding ortho intramolecular Hbond substituents is 1. The molecule has 0 bridgehead atoms. The molecule has 0 radical (unpaired) electrons. The monoisotopic (exact) mass is 491 g/mol. The smallest absolute Gasteiger partial charge is 0.255 e. The van der Waals surface area contributed by atoms with E-state index in [-0.39, 0.29) is 23.3 Å². The molecule has 0 saturated carbocycles. The number of para-hydroxylation sites is 1. The van der Waals surface area contributed by atoms with Crippen molar-refractivity contribution < 1.29 is 18.7 Å². The number of halogens is 2. The van der Waals surface area contributed by atoms with Crippen molar-refractivity contribution >= 4 is 11.6 Å². The second kappa shape index (κ2) is 9.80. The highest BCUT2D eigenvalue weighted by Gasteiger charge is 2.38. The SMILES string of the molecule is CCCC(C[C@H]1CCC2=C1[C@@H](C)C1=CNN(c3ccc(F)cc3)C1=C2)NC(=O)c1cccc(F)c1O. The van der Waals surface area contributed by atoms with Gasteiger partial charge in [0.1, 0.15) is 5.82 Å². The van der Waals surface area contributed by atoms with Gasteiger partial charge in [-0.2, -0.15) is 0 Å². The summed E-state index contributed by atoms with van der Waals surface area (Å²) in [6.45, 7) is 4.30. The van der Waals surface area contributed by atoms with Gasteiger partial charge in [-0.3, -0.25) is 9.80 Å². The molecule has 1 heterocycles. The number of amides is 1. The molecule has 5 rings (SSSR count). The first-order chi connectivity index (χ1) is 17.4. The zero-order valence-corrected chi connectivity index (χ0v) is 20.5. The minimum absolute atomic E-state index is 0.0379. The fourth-order valence-corrected chi connectivity index (χ4v) is 5.86. The van der Waals surface area contributed by atoms with Crippen molar-refractivity contribution in [3.63, 3.8) is 0 Å². The predicted molar refractivity (Wildman–Crippen MR) is 136 cm³/mol. The van der Waals surface area contributed by atoms with Crippen LogP contribution >= 0.6 is 0 Å². The molecule has 188 valence electrons. The van der Waals surface area contributed by atoms with Gasteiger partial charge in [-0.1, -0.05) is 31.9 Å². The van der Waals surface area contributed by atoms with E-state index in [9.17, 15) is 18.7 Å². The number of fused-ring (bicyclic) bond motifs is 1. The summed E-state index contributed by atoms with van der Waals surface area (Å²) >= 11 is 0. The molecule has 0 spiro atoms. The van der Waals surface area contributed by atoms with Crippen molar-refractivity contribution in [2.24, 2.45) is 11.8 Å². The zero-order valence-electron chi connectivity index (χ0n) is 20.5. The molecule has 36 heavy (non-hydrogen) atoms. The van der Waals surface area contributed by atoms with Crippen molar-refractivity contribution in [1.29, 1.82) is 0 Å². The number of allylic oxidation sites excluding steroid dienone is 4. The number of carbonyl (C=O) groups is 1. The highest BCUT2D eigenvalue weighted by Crippen LogP contribution is 2.49. The Morgan fingerprint density at radius 1 is 1.22 bits per heavy atom. The number of hydrogen-bond donors (Lipinski definition) is 3. The molecule has 2 aromatic carbocycles. The van der Waals surface area contributed by atoms with Crippen LogP contribution in [-0.4, -0.2) is 17.1 Å². The number of carbonyl (C=O) groups excluding carboxylic acids is 1. The van der Waals surface area contributed by atoms with E-state index >= 15 is 0 Å². The summed E-state index contributed by atoms with van der Waals surface area (Å²) in [5.74, 6) is -1.58. The van der Waals surface area contributed by atoms with Crippen molar-refractivity contribution in [3.8, 4) is 5.75 Å². The fraction of sp³-hybridized carbons (Fsp3) is 0.345. The van der Waals surface area contributed by atoms with Gasteiger partial charge >= 0.3 is 0 Å². The molecule has 3 atom stereocenters. The molecule has 3 N–H and O–H groups in total. The number of anilines is 1. The summed E-state index contributed by atoms with van der Waals surface area (Å²) in [7, 11) is 0. The Kier molecular flexibility index (Phi) is 6.56. The van der Waals surface area contributed by atoms with Crippen LogP contribution in [-0.2, 0) is 0 Å². The van der Waals surface area contributed by atoms with Gasteiger partial charge in [0.05, 0.1) is 16.9 Å². The average molecular weight is 492 g/mol. The quantitative estimate of drug-likeness (QED) is 0.437. The van der Waals surface area contributed by atoms with Crippen molar-refractivity contribution in [1.82, 2.24) is 10.7 Å². The molecule has 7 heteroatoms. The van der Waals surface area contributed by atoms with E-state index in [1.165, 1.54) is 41.0 Å².